The number of alkyl halides is 2. The summed E-state index contributed by atoms with van der Waals surface area (Å²) < 4.78 is 159. The van der Waals surface area contributed by atoms with E-state index >= 15 is 8.78 Å². The van der Waals surface area contributed by atoms with Crippen molar-refractivity contribution in [3.8, 4) is 22.3 Å². The molecule has 0 amide bonds. The Bertz CT molecular complexity index is 1790. The van der Waals surface area contributed by atoms with Crippen LogP contribution in [0.4, 0.5) is 45.8 Å². The van der Waals surface area contributed by atoms with Crippen molar-refractivity contribution < 1.29 is 50.5 Å². The molecule has 4 aromatic carbocycles. The molecule has 1 saturated carbocycles. The van der Waals surface area contributed by atoms with Gasteiger partial charge in [0.15, 0.2) is 4.90 Å². The van der Waals surface area contributed by atoms with E-state index in [0.29, 0.717) is 31.2 Å². The standard InChI is InChI=1S/C36H33F11OS/c1-2-3-4-5-22-6-12-27(13-7-22)36(41,42)48-28-14-8-23(9-15-28)24-10-16-29(31(37)18-24)25-11-17-30(32(38)19-25)26-20-33(39)35(34(40)21-26)49(43,44,45,46)47/h6-7,10-13,16-21,23,28H,2-5,8-9,14-15H2,1H3. The third kappa shape index (κ3) is 8.60. The van der Waals surface area contributed by atoms with E-state index in [2.05, 4.69) is 6.92 Å². The van der Waals surface area contributed by atoms with Gasteiger partial charge in [0.1, 0.15) is 23.3 Å². The van der Waals surface area contributed by atoms with Crippen LogP contribution in [0.15, 0.2) is 77.7 Å². The zero-order valence-electron chi connectivity index (χ0n) is 26.2. The Hall–Kier alpha value is -3.58. The highest BCUT2D eigenvalue weighted by atomic mass is 32.5. The van der Waals surface area contributed by atoms with E-state index in [1.807, 2.05) is 0 Å². The van der Waals surface area contributed by atoms with Crippen molar-refractivity contribution in [2.45, 2.75) is 81.3 Å². The highest BCUT2D eigenvalue weighted by Crippen LogP contribution is 3.02. The van der Waals surface area contributed by atoms with Gasteiger partial charge in [-0.15, -0.1) is 0 Å². The predicted octanol–water partition coefficient (Wildman–Crippen LogP) is 13.8. The summed E-state index contributed by atoms with van der Waals surface area (Å²) in [6.07, 6.45) is 1.30. The predicted molar refractivity (Wildman–Crippen MR) is 168 cm³/mol. The van der Waals surface area contributed by atoms with Crippen LogP contribution < -0.4 is 0 Å². The molecule has 266 valence electrons. The summed E-state index contributed by atoms with van der Waals surface area (Å²) in [4.78, 5) is -3.32. The van der Waals surface area contributed by atoms with Gasteiger partial charge < -0.3 is 4.74 Å². The molecule has 0 saturated heterocycles. The first kappa shape index (κ1) is 36.7. The molecule has 1 nitrogen and oxygen atoms in total. The smallest absolute Gasteiger partial charge is 0.313 e. The van der Waals surface area contributed by atoms with Crippen LogP contribution in [0.2, 0.25) is 0 Å². The molecule has 49 heavy (non-hydrogen) atoms. The minimum Gasteiger partial charge on any atom is -0.313 e. The molecule has 5 rings (SSSR count). The van der Waals surface area contributed by atoms with E-state index in [9.17, 15) is 37.0 Å². The van der Waals surface area contributed by atoms with E-state index < -0.39 is 61.7 Å². The second-order valence-corrected chi connectivity index (χ2v) is 14.8. The maximum absolute atomic E-state index is 15.3. The normalized spacial score (nSPS) is 18.6. The fourth-order valence-corrected chi connectivity index (χ4v) is 7.11. The maximum atomic E-state index is 15.3. The third-order valence-corrected chi connectivity index (χ3v) is 9.95. The average molecular weight is 723 g/mol. The Morgan fingerprint density at radius 3 is 1.76 bits per heavy atom. The minimum atomic E-state index is -10.7. The van der Waals surface area contributed by atoms with Crippen molar-refractivity contribution in [1.82, 2.24) is 0 Å². The van der Waals surface area contributed by atoms with Crippen LogP contribution in [0.5, 0.6) is 0 Å². The highest BCUT2D eigenvalue weighted by molar-refractivity contribution is 8.45. The summed E-state index contributed by atoms with van der Waals surface area (Å²) in [5.74, 6) is -7.30. The van der Waals surface area contributed by atoms with Crippen LogP contribution in [-0.4, -0.2) is 6.10 Å². The number of rotatable bonds is 11. The van der Waals surface area contributed by atoms with Crippen LogP contribution in [-0.2, 0) is 17.3 Å². The number of aryl methyl sites for hydroxylation is 1. The molecule has 0 bridgehead atoms. The lowest BCUT2D eigenvalue weighted by Crippen LogP contribution is -2.29. The second kappa shape index (κ2) is 12.9. The van der Waals surface area contributed by atoms with E-state index in [0.717, 1.165) is 49.4 Å². The largest absolute Gasteiger partial charge is 0.383 e. The van der Waals surface area contributed by atoms with E-state index in [1.165, 1.54) is 24.3 Å². The first-order valence-electron chi connectivity index (χ1n) is 15.7. The van der Waals surface area contributed by atoms with Crippen LogP contribution in [0.25, 0.3) is 22.3 Å². The SMILES string of the molecule is CCCCCc1ccc(C(F)(F)OC2CCC(c3ccc(-c4ccc(-c5cc(F)c(S(F)(F)(F)(F)F)c(F)c5)c(F)c4)c(F)c3)CC2)cc1. The first-order chi connectivity index (χ1) is 22.8. The van der Waals surface area contributed by atoms with Gasteiger partial charge in [0, 0.05) is 11.1 Å². The van der Waals surface area contributed by atoms with E-state index in [1.54, 1.807) is 18.2 Å². The Morgan fingerprint density at radius 2 is 1.20 bits per heavy atom. The lowest BCUT2D eigenvalue weighted by Gasteiger charge is -2.40. The lowest BCUT2D eigenvalue weighted by molar-refractivity contribution is -0.277. The van der Waals surface area contributed by atoms with Crippen molar-refractivity contribution in [2.75, 3.05) is 0 Å². The molecule has 0 aromatic heterocycles. The summed E-state index contributed by atoms with van der Waals surface area (Å²) in [7, 11) is -10.7. The first-order valence-corrected chi connectivity index (χ1v) is 17.7. The summed E-state index contributed by atoms with van der Waals surface area (Å²) in [5.41, 5.74) is -0.0839. The lowest BCUT2D eigenvalue weighted by atomic mass is 9.82. The summed E-state index contributed by atoms with van der Waals surface area (Å²) in [6.45, 7) is 2.09. The van der Waals surface area contributed by atoms with E-state index in [4.69, 9.17) is 4.74 Å². The molecule has 0 heterocycles. The number of halogens is 11. The quantitative estimate of drug-likeness (QED) is 0.111. The third-order valence-electron chi connectivity index (χ3n) is 8.79. The van der Waals surface area contributed by atoms with Gasteiger partial charge in [-0.3, -0.25) is 0 Å². The Kier molecular flexibility index (Phi) is 9.70. The van der Waals surface area contributed by atoms with Crippen LogP contribution in [0.3, 0.4) is 0 Å². The van der Waals surface area contributed by atoms with Gasteiger partial charge in [0.25, 0.3) is 0 Å². The van der Waals surface area contributed by atoms with Gasteiger partial charge >= 0.3 is 16.3 Å². The van der Waals surface area contributed by atoms with Crippen molar-refractivity contribution in [3.63, 3.8) is 0 Å². The number of ether oxygens (including phenoxy) is 1. The second-order valence-electron chi connectivity index (χ2n) is 12.4. The summed E-state index contributed by atoms with van der Waals surface area (Å²) in [6, 6.07) is 13.2. The highest BCUT2D eigenvalue weighted by Gasteiger charge is 2.69. The van der Waals surface area contributed by atoms with Crippen molar-refractivity contribution in [2.24, 2.45) is 0 Å². The molecular formula is C36H33F11OS. The van der Waals surface area contributed by atoms with Gasteiger partial charge in [-0.1, -0.05) is 87.7 Å². The van der Waals surface area contributed by atoms with Crippen LogP contribution in [0.1, 0.15) is 74.5 Å². The zero-order chi connectivity index (χ0) is 35.8. The molecule has 1 aliphatic carbocycles. The maximum Gasteiger partial charge on any atom is 0.383 e. The fourth-order valence-electron chi connectivity index (χ4n) is 6.26. The van der Waals surface area contributed by atoms with Crippen molar-refractivity contribution >= 4 is 10.2 Å². The van der Waals surface area contributed by atoms with Gasteiger partial charge in [-0.05, 0) is 91.0 Å². The number of hydrogen-bond donors (Lipinski definition) is 0. The Morgan fingerprint density at radius 1 is 0.653 bits per heavy atom. The molecule has 0 aliphatic heterocycles. The molecule has 0 radical (unpaired) electrons. The van der Waals surface area contributed by atoms with Gasteiger partial charge in [-0.2, -0.15) is 8.78 Å². The van der Waals surface area contributed by atoms with Crippen molar-refractivity contribution in [1.29, 1.82) is 0 Å². The Balaban J connectivity index is 1.24. The molecule has 1 aliphatic rings. The molecule has 0 atom stereocenters. The molecule has 4 aromatic rings. The van der Waals surface area contributed by atoms with Crippen molar-refractivity contribution in [3.05, 3.63) is 113 Å². The molecular weight excluding hydrogens is 689 g/mol. The number of hydrogen-bond acceptors (Lipinski definition) is 1. The molecule has 13 heteroatoms. The molecule has 0 spiro atoms. The number of unbranched alkanes of at least 4 members (excludes halogenated alkanes) is 2. The van der Waals surface area contributed by atoms with Crippen LogP contribution >= 0.6 is 10.2 Å². The molecule has 0 unspecified atom stereocenters. The summed E-state index contributed by atoms with van der Waals surface area (Å²) in [5, 5.41) is 0. The Labute approximate surface area is 276 Å². The summed E-state index contributed by atoms with van der Waals surface area (Å²) >= 11 is 0. The monoisotopic (exact) mass is 722 g/mol. The van der Waals surface area contributed by atoms with Gasteiger partial charge in [0.05, 0.1) is 11.7 Å². The van der Waals surface area contributed by atoms with E-state index in [-0.39, 0.29) is 34.7 Å². The van der Waals surface area contributed by atoms with Gasteiger partial charge in [-0.25, -0.2) is 17.6 Å². The minimum absolute atomic E-state index is 0.0109. The topological polar surface area (TPSA) is 9.23 Å². The van der Waals surface area contributed by atoms with Gasteiger partial charge in [0.2, 0.25) is 0 Å². The average Bonchev–Trinajstić information content (AvgIpc) is 3.00. The fraction of sp³-hybridized carbons (Fsp3) is 0.333. The van der Waals surface area contributed by atoms with Crippen LogP contribution in [0, 0.1) is 23.3 Å². The zero-order valence-corrected chi connectivity index (χ0v) is 27.0. The number of benzene rings is 4. The molecule has 1 fully saturated rings. The molecule has 0 N–H and O–H groups in total.